The Kier molecular flexibility index (Phi) is 6.06. The zero-order chi connectivity index (χ0) is 22.6. The van der Waals surface area contributed by atoms with Crippen LogP contribution in [0.1, 0.15) is 5.56 Å². The number of benzene rings is 1. The van der Waals surface area contributed by atoms with Gasteiger partial charge in [0.25, 0.3) is 0 Å². The van der Waals surface area contributed by atoms with E-state index < -0.39 is 17.8 Å². The van der Waals surface area contributed by atoms with E-state index in [0.29, 0.717) is 43.6 Å². The van der Waals surface area contributed by atoms with E-state index in [-0.39, 0.29) is 5.69 Å². The van der Waals surface area contributed by atoms with Crippen molar-refractivity contribution in [3.8, 4) is 0 Å². The molecule has 1 aromatic carbocycles. The predicted molar refractivity (Wildman–Crippen MR) is 114 cm³/mol. The van der Waals surface area contributed by atoms with E-state index in [9.17, 15) is 18.0 Å². The fraction of sp³-hybridized carbons (Fsp3) is 0.238. The second kappa shape index (κ2) is 9.08. The molecular formula is C21H20F3N7O. The van der Waals surface area contributed by atoms with Gasteiger partial charge in [0.1, 0.15) is 5.82 Å². The van der Waals surface area contributed by atoms with Crippen molar-refractivity contribution in [3.05, 3.63) is 66.4 Å². The van der Waals surface area contributed by atoms with Crippen LogP contribution in [-0.4, -0.2) is 52.3 Å². The molecule has 1 aliphatic rings. The van der Waals surface area contributed by atoms with Crippen LogP contribution in [0.2, 0.25) is 0 Å². The molecule has 2 amide bonds. The second-order valence-corrected chi connectivity index (χ2v) is 7.10. The average molecular weight is 443 g/mol. The number of hydrogen-bond acceptors (Lipinski definition) is 6. The van der Waals surface area contributed by atoms with Crippen LogP contribution in [0.5, 0.6) is 0 Å². The molecule has 2 N–H and O–H groups in total. The third-order valence-corrected chi connectivity index (χ3v) is 4.90. The standard InChI is InChI=1S/C21H20F3N7O/c22-21(23,24)15-4-3-5-16(14-15)26-20(32)31-12-10-30(11-13-31)19-8-7-18(28-29-19)27-17-6-1-2-9-25-17/h1-9,14H,10-13H2,(H,26,32)(H,25,27,28). The molecule has 11 heteroatoms. The normalized spacial score (nSPS) is 14.2. The Morgan fingerprint density at radius 3 is 2.38 bits per heavy atom. The molecular weight excluding hydrogens is 423 g/mol. The molecule has 0 spiro atoms. The van der Waals surface area contributed by atoms with Crippen molar-refractivity contribution in [2.75, 3.05) is 41.7 Å². The summed E-state index contributed by atoms with van der Waals surface area (Å²) in [6.07, 6.45) is -2.79. The van der Waals surface area contributed by atoms with Crippen molar-refractivity contribution in [1.82, 2.24) is 20.1 Å². The van der Waals surface area contributed by atoms with E-state index in [0.717, 1.165) is 12.1 Å². The molecule has 3 heterocycles. The molecule has 0 saturated carbocycles. The number of urea groups is 1. The number of hydrogen-bond donors (Lipinski definition) is 2. The highest BCUT2D eigenvalue weighted by Crippen LogP contribution is 2.30. The van der Waals surface area contributed by atoms with Crippen LogP contribution in [0.4, 0.5) is 41.1 Å². The Morgan fingerprint density at radius 2 is 1.72 bits per heavy atom. The number of halogens is 3. The molecule has 1 aliphatic heterocycles. The van der Waals surface area contributed by atoms with Crippen LogP contribution in [0, 0.1) is 0 Å². The van der Waals surface area contributed by atoms with Crippen molar-refractivity contribution in [2.24, 2.45) is 0 Å². The highest BCUT2D eigenvalue weighted by Gasteiger charge is 2.30. The first-order valence-electron chi connectivity index (χ1n) is 9.88. The number of aromatic nitrogens is 3. The molecule has 1 saturated heterocycles. The van der Waals surface area contributed by atoms with Crippen molar-refractivity contribution in [1.29, 1.82) is 0 Å². The number of rotatable bonds is 4. The predicted octanol–water partition coefficient (Wildman–Crippen LogP) is 3.99. The molecule has 0 radical (unpaired) electrons. The smallest absolute Gasteiger partial charge is 0.352 e. The summed E-state index contributed by atoms with van der Waals surface area (Å²) in [5.74, 6) is 1.90. The molecule has 3 aromatic rings. The largest absolute Gasteiger partial charge is 0.416 e. The van der Waals surface area contributed by atoms with E-state index in [4.69, 9.17) is 0 Å². The third kappa shape index (κ3) is 5.23. The summed E-state index contributed by atoms with van der Waals surface area (Å²) >= 11 is 0. The number of carbonyl (C=O) groups is 1. The molecule has 0 bridgehead atoms. The topological polar surface area (TPSA) is 86.3 Å². The van der Waals surface area contributed by atoms with Gasteiger partial charge in [-0.25, -0.2) is 9.78 Å². The third-order valence-electron chi connectivity index (χ3n) is 4.90. The summed E-state index contributed by atoms with van der Waals surface area (Å²) in [5, 5.41) is 14.0. The number of anilines is 4. The minimum Gasteiger partial charge on any atom is -0.352 e. The minimum atomic E-state index is -4.46. The van der Waals surface area contributed by atoms with E-state index in [1.807, 2.05) is 29.2 Å². The van der Waals surface area contributed by atoms with Crippen LogP contribution >= 0.6 is 0 Å². The van der Waals surface area contributed by atoms with Crippen LogP contribution in [0.15, 0.2) is 60.8 Å². The molecule has 0 unspecified atom stereocenters. The first-order chi connectivity index (χ1) is 15.4. The molecule has 2 aromatic heterocycles. The fourth-order valence-corrected chi connectivity index (χ4v) is 3.24. The molecule has 0 atom stereocenters. The Balaban J connectivity index is 1.30. The first-order valence-corrected chi connectivity index (χ1v) is 9.88. The number of pyridine rings is 1. The molecule has 4 rings (SSSR count). The lowest BCUT2D eigenvalue weighted by Crippen LogP contribution is -2.50. The lowest BCUT2D eigenvalue weighted by atomic mass is 10.2. The van der Waals surface area contributed by atoms with Gasteiger partial charge in [0.15, 0.2) is 11.6 Å². The highest BCUT2D eigenvalue weighted by molar-refractivity contribution is 5.89. The monoisotopic (exact) mass is 443 g/mol. The number of nitrogens with one attached hydrogen (secondary N) is 2. The van der Waals surface area contributed by atoms with Gasteiger partial charge in [-0.15, -0.1) is 10.2 Å². The van der Waals surface area contributed by atoms with Crippen molar-refractivity contribution >= 4 is 29.2 Å². The van der Waals surface area contributed by atoms with E-state index in [1.165, 1.54) is 12.1 Å². The first kappa shape index (κ1) is 21.3. The van der Waals surface area contributed by atoms with Crippen LogP contribution < -0.4 is 15.5 Å². The van der Waals surface area contributed by atoms with Crippen molar-refractivity contribution in [2.45, 2.75) is 6.18 Å². The summed E-state index contributed by atoms with van der Waals surface area (Å²) < 4.78 is 38.6. The number of nitrogens with zero attached hydrogens (tertiary/aromatic N) is 5. The summed E-state index contributed by atoms with van der Waals surface area (Å²) in [6.45, 7) is 1.86. The number of amides is 2. The van der Waals surface area contributed by atoms with Gasteiger partial charge in [-0.05, 0) is 42.5 Å². The number of carbonyl (C=O) groups excluding carboxylic acids is 1. The summed E-state index contributed by atoms with van der Waals surface area (Å²) in [7, 11) is 0. The van der Waals surface area contributed by atoms with Crippen LogP contribution in [0.3, 0.4) is 0 Å². The lowest BCUT2D eigenvalue weighted by Gasteiger charge is -2.35. The van der Waals surface area contributed by atoms with Gasteiger partial charge in [-0.3, -0.25) is 0 Å². The van der Waals surface area contributed by atoms with Gasteiger partial charge in [0, 0.05) is 38.1 Å². The van der Waals surface area contributed by atoms with Gasteiger partial charge < -0.3 is 20.4 Å². The summed E-state index contributed by atoms with van der Waals surface area (Å²) in [6, 6.07) is 13.3. The Labute approximate surface area is 182 Å². The zero-order valence-corrected chi connectivity index (χ0v) is 16.9. The second-order valence-electron chi connectivity index (χ2n) is 7.10. The van der Waals surface area contributed by atoms with Gasteiger partial charge in [0.05, 0.1) is 5.56 Å². The Bertz CT molecular complexity index is 1050. The fourth-order valence-electron chi connectivity index (χ4n) is 3.24. The van der Waals surface area contributed by atoms with Crippen LogP contribution in [-0.2, 0) is 6.18 Å². The van der Waals surface area contributed by atoms with Crippen LogP contribution in [0.25, 0.3) is 0 Å². The van der Waals surface area contributed by atoms with Crippen molar-refractivity contribution in [3.63, 3.8) is 0 Å². The number of piperazine rings is 1. The maximum atomic E-state index is 12.9. The summed E-state index contributed by atoms with van der Waals surface area (Å²) in [5.41, 5.74) is -0.700. The minimum absolute atomic E-state index is 0.106. The van der Waals surface area contributed by atoms with E-state index >= 15 is 0 Å². The molecule has 1 fully saturated rings. The van der Waals surface area contributed by atoms with Crippen molar-refractivity contribution < 1.29 is 18.0 Å². The number of alkyl halides is 3. The maximum absolute atomic E-state index is 12.9. The maximum Gasteiger partial charge on any atom is 0.416 e. The van der Waals surface area contributed by atoms with Gasteiger partial charge >= 0.3 is 12.2 Å². The lowest BCUT2D eigenvalue weighted by molar-refractivity contribution is -0.137. The average Bonchev–Trinajstić information content (AvgIpc) is 2.80. The van der Waals surface area contributed by atoms with E-state index in [1.54, 1.807) is 17.2 Å². The Morgan fingerprint density at radius 1 is 0.906 bits per heavy atom. The summed E-state index contributed by atoms with van der Waals surface area (Å²) in [4.78, 5) is 20.2. The molecule has 0 aliphatic carbocycles. The molecule has 32 heavy (non-hydrogen) atoms. The molecule has 166 valence electrons. The van der Waals surface area contributed by atoms with E-state index in [2.05, 4.69) is 25.8 Å². The van der Waals surface area contributed by atoms with Gasteiger partial charge in [-0.1, -0.05) is 12.1 Å². The Hall–Kier alpha value is -3.89. The van der Waals surface area contributed by atoms with Gasteiger partial charge in [-0.2, -0.15) is 13.2 Å². The SMILES string of the molecule is O=C(Nc1cccc(C(F)(F)F)c1)N1CCN(c2ccc(Nc3ccccn3)nn2)CC1. The zero-order valence-electron chi connectivity index (χ0n) is 16.9. The molecule has 8 nitrogen and oxygen atoms in total. The highest BCUT2D eigenvalue weighted by atomic mass is 19.4. The van der Waals surface area contributed by atoms with Gasteiger partial charge in [0.2, 0.25) is 0 Å². The quantitative estimate of drug-likeness (QED) is 0.634.